The lowest BCUT2D eigenvalue weighted by molar-refractivity contribution is 0.0691. The molecule has 0 heterocycles. The molecule has 15 heavy (non-hydrogen) atoms. The molecule has 0 spiro atoms. The minimum atomic E-state index is -1.17. The third-order valence-corrected chi connectivity index (χ3v) is 1.73. The Morgan fingerprint density at radius 3 is 2.47 bits per heavy atom. The normalized spacial score (nSPS) is 9.00. The second-order valence-corrected chi connectivity index (χ2v) is 2.69. The van der Waals surface area contributed by atoms with Crippen LogP contribution in [0.25, 0.3) is 0 Å². The molecular weight excluding hydrogens is 196 g/mol. The van der Waals surface area contributed by atoms with Crippen LogP contribution in [0.4, 0.5) is 0 Å². The number of nitriles is 1. The van der Waals surface area contributed by atoms with Gasteiger partial charge in [-0.3, -0.25) is 4.79 Å². The van der Waals surface area contributed by atoms with Gasteiger partial charge in [0.1, 0.15) is 6.54 Å². The fourth-order valence-electron chi connectivity index (χ4n) is 1.08. The first-order valence-electron chi connectivity index (χ1n) is 4.14. The highest BCUT2D eigenvalue weighted by Gasteiger charge is 2.14. The molecule has 2 N–H and O–H groups in total. The van der Waals surface area contributed by atoms with Gasteiger partial charge in [-0.05, 0) is 12.1 Å². The fourth-order valence-corrected chi connectivity index (χ4v) is 1.08. The highest BCUT2D eigenvalue weighted by Crippen LogP contribution is 2.08. The van der Waals surface area contributed by atoms with E-state index < -0.39 is 11.9 Å². The summed E-state index contributed by atoms with van der Waals surface area (Å²) < 4.78 is 0. The molecule has 1 amide bonds. The third-order valence-electron chi connectivity index (χ3n) is 1.73. The van der Waals surface area contributed by atoms with E-state index in [1.807, 2.05) is 0 Å². The molecule has 0 bridgehead atoms. The fraction of sp³-hybridized carbons (Fsp3) is 0.100. The maximum atomic E-state index is 11.4. The Kier molecular flexibility index (Phi) is 3.41. The summed E-state index contributed by atoms with van der Waals surface area (Å²) in [6.45, 7) is -0.146. The van der Waals surface area contributed by atoms with E-state index >= 15 is 0 Å². The molecule has 0 aromatic heterocycles. The minimum absolute atomic E-state index is 0.0558. The van der Waals surface area contributed by atoms with E-state index in [9.17, 15) is 9.59 Å². The summed E-state index contributed by atoms with van der Waals surface area (Å²) in [4.78, 5) is 22.2. The average Bonchev–Trinajstić information content (AvgIpc) is 2.25. The van der Waals surface area contributed by atoms with Gasteiger partial charge in [0.05, 0.1) is 17.2 Å². The molecule has 1 aromatic carbocycles. The molecule has 5 heteroatoms. The summed E-state index contributed by atoms with van der Waals surface area (Å²) in [6, 6.07) is 7.57. The summed E-state index contributed by atoms with van der Waals surface area (Å²) in [7, 11) is 0. The number of benzene rings is 1. The molecule has 0 aliphatic carbocycles. The van der Waals surface area contributed by atoms with Crippen molar-refractivity contribution in [2.75, 3.05) is 6.54 Å². The first-order chi connectivity index (χ1) is 7.16. The number of rotatable bonds is 3. The van der Waals surface area contributed by atoms with Crippen molar-refractivity contribution >= 4 is 11.9 Å². The van der Waals surface area contributed by atoms with Gasteiger partial charge in [0.25, 0.3) is 5.91 Å². The maximum absolute atomic E-state index is 11.4. The van der Waals surface area contributed by atoms with E-state index in [0.717, 1.165) is 0 Å². The van der Waals surface area contributed by atoms with Crippen molar-refractivity contribution in [3.63, 3.8) is 0 Å². The van der Waals surface area contributed by atoms with Gasteiger partial charge < -0.3 is 10.4 Å². The second kappa shape index (κ2) is 4.77. The van der Waals surface area contributed by atoms with Crippen LogP contribution in [0.15, 0.2) is 24.3 Å². The van der Waals surface area contributed by atoms with Crippen molar-refractivity contribution in [1.29, 1.82) is 5.26 Å². The van der Waals surface area contributed by atoms with Crippen LogP contribution in [-0.2, 0) is 0 Å². The van der Waals surface area contributed by atoms with E-state index in [4.69, 9.17) is 10.4 Å². The van der Waals surface area contributed by atoms with E-state index in [-0.39, 0.29) is 17.7 Å². The Hall–Kier alpha value is -2.35. The summed E-state index contributed by atoms with van der Waals surface area (Å²) in [5.74, 6) is -1.73. The number of hydrogen-bond acceptors (Lipinski definition) is 3. The first kappa shape index (κ1) is 10.7. The number of carboxylic acids is 1. The minimum Gasteiger partial charge on any atom is -0.478 e. The highest BCUT2D eigenvalue weighted by atomic mass is 16.4. The molecule has 1 aromatic rings. The largest absolute Gasteiger partial charge is 0.478 e. The molecule has 0 atom stereocenters. The Bertz CT molecular complexity index is 435. The van der Waals surface area contributed by atoms with Gasteiger partial charge in [0, 0.05) is 0 Å². The molecule has 0 fully saturated rings. The topological polar surface area (TPSA) is 90.2 Å². The molecular formula is C10H8N2O3. The maximum Gasteiger partial charge on any atom is 0.336 e. The lowest BCUT2D eigenvalue weighted by atomic mass is 10.1. The van der Waals surface area contributed by atoms with E-state index in [1.54, 1.807) is 12.1 Å². The van der Waals surface area contributed by atoms with E-state index in [2.05, 4.69) is 5.32 Å². The van der Waals surface area contributed by atoms with Gasteiger partial charge in [-0.2, -0.15) is 5.26 Å². The van der Waals surface area contributed by atoms with Gasteiger partial charge in [-0.15, -0.1) is 0 Å². The molecule has 0 saturated heterocycles. The number of amides is 1. The Morgan fingerprint density at radius 2 is 1.93 bits per heavy atom. The molecule has 0 saturated carbocycles. The lowest BCUT2D eigenvalue weighted by Crippen LogP contribution is -2.25. The SMILES string of the molecule is N#CCNC(=O)c1ccccc1C(=O)O. The van der Waals surface area contributed by atoms with Crippen molar-refractivity contribution in [2.45, 2.75) is 0 Å². The van der Waals surface area contributed by atoms with Gasteiger partial charge in [-0.25, -0.2) is 4.79 Å². The summed E-state index contributed by atoms with van der Waals surface area (Å²) in [5, 5.41) is 19.3. The Morgan fingerprint density at radius 1 is 1.33 bits per heavy atom. The van der Waals surface area contributed by atoms with Crippen molar-refractivity contribution in [2.24, 2.45) is 0 Å². The number of nitrogens with zero attached hydrogens (tertiary/aromatic N) is 1. The standard InChI is InChI=1S/C10H8N2O3/c11-5-6-12-9(13)7-3-1-2-4-8(7)10(14)15/h1-4H,6H2,(H,12,13)(H,14,15). The first-order valence-corrected chi connectivity index (χ1v) is 4.14. The molecule has 1 rings (SSSR count). The molecule has 0 aliphatic heterocycles. The Labute approximate surface area is 86.0 Å². The van der Waals surface area contributed by atoms with Crippen molar-refractivity contribution in [1.82, 2.24) is 5.32 Å². The van der Waals surface area contributed by atoms with Crippen LogP contribution in [0.2, 0.25) is 0 Å². The third kappa shape index (κ3) is 2.54. The predicted molar refractivity (Wildman–Crippen MR) is 51.3 cm³/mol. The van der Waals surface area contributed by atoms with Crippen LogP contribution in [0.3, 0.4) is 0 Å². The van der Waals surface area contributed by atoms with Crippen molar-refractivity contribution in [3.8, 4) is 6.07 Å². The van der Waals surface area contributed by atoms with Crippen LogP contribution >= 0.6 is 0 Å². The predicted octanol–water partition coefficient (Wildman–Crippen LogP) is 0.638. The number of carbonyl (C=O) groups is 2. The van der Waals surface area contributed by atoms with Crippen molar-refractivity contribution in [3.05, 3.63) is 35.4 Å². The molecule has 5 nitrogen and oxygen atoms in total. The van der Waals surface area contributed by atoms with Crippen molar-refractivity contribution < 1.29 is 14.7 Å². The zero-order valence-corrected chi connectivity index (χ0v) is 7.73. The van der Waals surface area contributed by atoms with Gasteiger partial charge in [-0.1, -0.05) is 12.1 Å². The number of carboxylic acid groups (broad SMARTS) is 1. The number of carbonyl (C=O) groups excluding carboxylic acids is 1. The van der Waals surface area contributed by atoms with Crippen LogP contribution in [0.1, 0.15) is 20.7 Å². The van der Waals surface area contributed by atoms with E-state index in [0.29, 0.717) is 0 Å². The smallest absolute Gasteiger partial charge is 0.336 e. The van der Waals surface area contributed by atoms with Gasteiger partial charge in [0.15, 0.2) is 0 Å². The molecule has 0 aliphatic rings. The highest BCUT2D eigenvalue weighted by molar-refractivity contribution is 6.04. The van der Waals surface area contributed by atoms with Crippen LogP contribution in [0, 0.1) is 11.3 Å². The van der Waals surface area contributed by atoms with Gasteiger partial charge in [0.2, 0.25) is 0 Å². The number of nitrogens with one attached hydrogen (secondary N) is 1. The number of aromatic carboxylic acids is 1. The van der Waals surface area contributed by atoms with Crippen LogP contribution in [-0.4, -0.2) is 23.5 Å². The monoisotopic (exact) mass is 204 g/mol. The molecule has 0 unspecified atom stereocenters. The quantitative estimate of drug-likeness (QED) is 0.707. The van der Waals surface area contributed by atoms with Crippen LogP contribution in [0.5, 0.6) is 0 Å². The number of hydrogen-bond donors (Lipinski definition) is 2. The summed E-state index contributed by atoms with van der Waals surface area (Å²) in [6.07, 6.45) is 0. The zero-order valence-electron chi connectivity index (χ0n) is 7.73. The molecule has 0 radical (unpaired) electrons. The molecule has 76 valence electrons. The second-order valence-electron chi connectivity index (χ2n) is 2.69. The van der Waals surface area contributed by atoms with Crippen LogP contribution < -0.4 is 5.32 Å². The lowest BCUT2D eigenvalue weighted by Gasteiger charge is -2.04. The summed E-state index contributed by atoms with van der Waals surface area (Å²) in [5.41, 5.74) is -0.0202. The van der Waals surface area contributed by atoms with Gasteiger partial charge >= 0.3 is 5.97 Å². The Balaban J connectivity index is 2.98. The summed E-state index contributed by atoms with van der Waals surface area (Å²) >= 11 is 0. The zero-order chi connectivity index (χ0) is 11.3. The van der Waals surface area contributed by atoms with E-state index in [1.165, 1.54) is 18.2 Å². The average molecular weight is 204 g/mol.